The van der Waals surface area contributed by atoms with Crippen molar-refractivity contribution in [3.05, 3.63) is 29.8 Å². The molecule has 0 amide bonds. The van der Waals surface area contributed by atoms with Gasteiger partial charge in [0.05, 0.1) is 26.2 Å². The summed E-state index contributed by atoms with van der Waals surface area (Å²) in [6.45, 7) is -0.0945. The zero-order chi connectivity index (χ0) is 16.1. The van der Waals surface area contributed by atoms with Crippen molar-refractivity contribution in [3.8, 4) is 11.5 Å². The summed E-state index contributed by atoms with van der Waals surface area (Å²) < 4.78 is 58.1. The van der Waals surface area contributed by atoms with Gasteiger partial charge in [0, 0.05) is 0 Å². The molecule has 0 bridgehead atoms. The molecule has 0 aliphatic carbocycles. The monoisotopic (exact) mass is 336 g/mol. The summed E-state index contributed by atoms with van der Waals surface area (Å²) in [5.74, 6) is 0.316. The van der Waals surface area contributed by atoms with Crippen molar-refractivity contribution >= 4 is 26.3 Å². The van der Waals surface area contributed by atoms with E-state index < -0.39 is 20.2 Å². The smallest absolute Gasteiger partial charge is 0.306 e. The molecule has 0 saturated carbocycles. The summed E-state index contributed by atoms with van der Waals surface area (Å²) >= 11 is 0. The van der Waals surface area contributed by atoms with Crippen LogP contribution in [-0.4, -0.2) is 43.1 Å². The highest BCUT2D eigenvalue weighted by molar-refractivity contribution is 7.86. The van der Waals surface area contributed by atoms with Crippen LogP contribution in [0, 0.1) is 0 Å². The van der Waals surface area contributed by atoms with Crippen LogP contribution in [0.25, 0.3) is 6.08 Å². The maximum atomic E-state index is 11.1. The average Bonchev–Trinajstić information content (AvgIpc) is 2.33. The molecule has 0 heterocycles. The van der Waals surface area contributed by atoms with Gasteiger partial charge in [0.1, 0.15) is 0 Å². The van der Waals surface area contributed by atoms with E-state index in [4.69, 9.17) is 8.92 Å². The summed E-state index contributed by atoms with van der Waals surface area (Å²) in [5, 5.41) is 0. The molecule has 7 nitrogen and oxygen atoms in total. The quantitative estimate of drug-likeness (QED) is 0.686. The molecule has 0 fully saturated rings. The standard InChI is InChI=1S/C12H16O7S2/c1-17-12-9-10(5-4-8-18-20(2,13)14)6-7-11(12)19-21(3,15)16/h4-7,9H,8H2,1-3H3/b5-4+. The molecule has 21 heavy (non-hydrogen) atoms. The van der Waals surface area contributed by atoms with Crippen LogP contribution >= 0.6 is 0 Å². The molecule has 0 aliphatic rings. The summed E-state index contributed by atoms with van der Waals surface area (Å²) in [6.07, 6.45) is 5.01. The minimum Gasteiger partial charge on any atom is -0.493 e. The molecule has 0 radical (unpaired) electrons. The molecule has 118 valence electrons. The first-order valence-corrected chi connectivity index (χ1v) is 9.32. The van der Waals surface area contributed by atoms with E-state index in [1.807, 2.05) is 0 Å². The van der Waals surface area contributed by atoms with Crippen molar-refractivity contribution < 1.29 is 29.9 Å². The second kappa shape index (κ2) is 6.92. The number of benzene rings is 1. The lowest BCUT2D eigenvalue weighted by Gasteiger charge is -2.09. The van der Waals surface area contributed by atoms with Crippen LogP contribution in [-0.2, 0) is 24.4 Å². The molecule has 0 atom stereocenters. The Morgan fingerprint density at radius 2 is 1.71 bits per heavy atom. The van der Waals surface area contributed by atoms with Gasteiger partial charge < -0.3 is 8.92 Å². The average molecular weight is 336 g/mol. The molecule has 0 unspecified atom stereocenters. The fraction of sp³-hybridized carbons (Fsp3) is 0.333. The van der Waals surface area contributed by atoms with Gasteiger partial charge in [-0.1, -0.05) is 18.2 Å². The Balaban J connectivity index is 2.85. The fourth-order valence-corrected chi connectivity index (χ4v) is 2.16. The first-order valence-electron chi connectivity index (χ1n) is 5.69. The van der Waals surface area contributed by atoms with Crippen molar-refractivity contribution in [2.24, 2.45) is 0 Å². The third-order valence-electron chi connectivity index (χ3n) is 2.12. The number of ether oxygens (including phenoxy) is 1. The molecule has 0 aromatic heterocycles. The highest BCUT2D eigenvalue weighted by Crippen LogP contribution is 2.29. The Morgan fingerprint density at radius 1 is 1.05 bits per heavy atom. The summed E-state index contributed by atoms with van der Waals surface area (Å²) in [4.78, 5) is 0. The van der Waals surface area contributed by atoms with Gasteiger partial charge in [0.2, 0.25) is 0 Å². The highest BCUT2D eigenvalue weighted by atomic mass is 32.2. The third kappa shape index (κ3) is 7.11. The van der Waals surface area contributed by atoms with Crippen LogP contribution in [0.15, 0.2) is 24.3 Å². The Morgan fingerprint density at radius 3 is 2.24 bits per heavy atom. The van der Waals surface area contributed by atoms with Crippen LogP contribution in [0.2, 0.25) is 0 Å². The second-order valence-electron chi connectivity index (χ2n) is 4.09. The van der Waals surface area contributed by atoms with E-state index in [9.17, 15) is 16.8 Å². The Labute approximate surface area is 124 Å². The Hall–Kier alpha value is -1.58. The van der Waals surface area contributed by atoms with Crippen molar-refractivity contribution in [3.63, 3.8) is 0 Å². The van der Waals surface area contributed by atoms with E-state index in [0.29, 0.717) is 5.56 Å². The molecule has 0 spiro atoms. The van der Waals surface area contributed by atoms with Crippen LogP contribution in [0.1, 0.15) is 5.56 Å². The van der Waals surface area contributed by atoms with E-state index >= 15 is 0 Å². The van der Waals surface area contributed by atoms with Gasteiger partial charge in [-0.05, 0) is 17.7 Å². The van der Waals surface area contributed by atoms with Crippen LogP contribution in [0.5, 0.6) is 11.5 Å². The fourth-order valence-electron chi connectivity index (χ4n) is 1.37. The molecule has 0 saturated heterocycles. The molecule has 1 aromatic rings. The third-order valence-corrected chi connectivity index (χ3v) is 3.16. The predicted octanol–water partition coefficient (Wildman–Crippen LogP) is 1.02. The summed E-state index contributed by atoms with van der Waals surface area (Å²) in [7, 11) is -5.75. The van der Waals surface area contributed by atoms with Gasteiger partial charge in [-0.15, -0.1) is 0 Å². The lowest BCUT2D eigenvalue weighted by Crippen LogP contribution is -2.06. The first-order chi connectivity index (χ1) is 9.61. The zero-order valence-corrected chi connectivity index (χ0v) is 13.4. The first kappa shape index (κ1) is 17.5. The van der Waals surface area contributed by atoms with E-state index in [0.717, 1.165) is 12.5 Å². The van der Waals surface area contributed by atoms with Gasteiger partial charge in [-0.2, -0.15) is 16.8 Å². The van der Waals surface area contributed by atoms with Crippen LogP contribution < -0.4 is 8.92 Å². The number of hydrogen-bond donors (Lipinski definition) is 0. The number of hydrogen-bond acceptors (Lipinski definition) is 7. The highest BCUT2D eigenvalue weighted by Gasteiger charge is 2.10. The summed E-state index contributed by atoms with van der Waals surface area (Å²) in [6, 6.07) is 4.59. The molecular formula is C12H16O7S2. The molecule has 9 heteroatoms. The zero-order valence-electron chi connectivity index (χ0n) is 11.8. The molecule has 1 rings (SSSR count). The van der Waals surface area contributed by atoms with E-state index in [1.54, 1.807) is 18.2 Å². The van der Waals surface area contributed by atoms with Crippen LogP contribution in [0.4, 0.5) is 0 Å². The van der Waals surface area contributed by atoms with Gasteiger partial charge in [-0.25, -0.2) is 0 Å². The SMILES string of the molecule is COc1cc(/C=C/COS(C)(=O)=O)ccc1OS(C)(=O)=O. The van der Waals surface area contributed by atoms with Crippen LogP contribution in [0.3, 0.4) is 0 Å². The molecule has 1 aromatic carbocycles. The summed E-state index contributed by atoms with van der Waals surface area (Å²) in [5.41, 5.74) is 0.671. The largest absolute Gasteiger partial charge is 0.493 e. The maximum absolute atomic E-state index is 11.1. The van der Waals surface area contributed by atoms with Crippen molar-refractivity contribution in [1.82, 2.24) is 0 Å². The van der Waals surface area contributed by atoms with Gasteiger partial charge in [0.25, 0.3) is 10.1 Å². The molecular weight excluding hydrogens is 320 g/mol. The number of rotatable bonds is 7. The minimum absolute atomic E-state index is 0.0736. The normalized spacial score (nSPS) is 12.5. The minimum atomic E-state index is -3.64. The van der Waals surface area contributed by atoms with E-state index in [-0.39, 0.29) is 18.1 Å². The van der Waals surface area contributed by atoms with Crippen molar-refractivity contribution in [1.29, 1.82) is 0 Å². The maximum Gasteiger partial charge on any atom is 0.306 e. The van der Waals surface area contributed by atoms with Crippen molar-refractivity contribution in [2.45, 2.75) is 0 Å². The molecule has 0 N–H and O–H groups in total. The van der Waals surface area contributed by atoms with Crippen molar-refractivity contribution in [2.75, 3.05) is 26.2 Å². The lowest BCUT2D eigenvalue weighted by atomic mass is 10.2. The predicted molar refractivity (Wildman–Crippen MR) is 78.3 cm³/mol. The van der Waals surface area contributed by atoms with Gasteiger partial charge in [-0.3, -0.25) is 4.18 Å². The van der Waals surface area contributed by atoms with E-state index in [1.165, 1.54) is 19.3 Å². The van der Waals surface area contributed by atoms with E-state index in [2.05, 4.69) is 4.18 Å². The Kier molecular flexibility index (Phi) is 5.76. The number of methoxy groups -OCH3 is 1. The molecule has 0 aliphatic heterocycles. The van der Waals surface area contributed by atoms with Gasteiger partial charge >= 0.3 is 10.1 Å². The Bertz CT molecular complexity index is 718. The lowest BCUT2D eigenvalue weighted by molar-refractivity contribution is 0.362. The second-order valence-corrected chi connectivity index (χ2v) is 7.31. The topological polar surface area (TPSA) is 96.0 Å². The van der Waals surface area contributed by atoms with Gasteiger partial charge in [0.15, 0.2) is 11.5 Å².